The third kappa shape index (κ3) is 3.68. The summed E-state index contributed by atoms with van der Waals surface area (Å²) in [7, 11) is 1.56. The first-order chi connectivity index (χ1) is 12.5. The van der Waals surface area contributed by atoms with Crippen molar-refractivity contribution >= 4 is 27.3 Å². The van der Waals surface area contributed by atoms with E-state index in [0.717, 1.165) is 15.1 Å². The number of aryl methyl sites for hydroxylation is 1. The molecule has 0 aliphatic heterocycles. The maximum Gasteiger partial charge on any atom is 0.260 e. The number of carbonyl (C=O) groups excluding carboxylic acids is 1. The Bertz CT molecular complexity index is 992. The van der Waals surface area contributed by atoms with Gasteiger partial charge in [0.1, 0.15) is 5.82 Å². The van der Waals surface area contributed by atoms with Crippen molar-refractivity contribution in [2.24, 2.45) is 0 Å². The second-order valence-electron chi connectivity index (χ2n) is 5.90. The zero-order valence-electron chi connectivity index (χ0n) is 14.5. The maximum atomic E-state index is 13.1. The molecule has 0 fully saturated rings. The predicted octanol–water partition coefficient (Wildman–Crippen LogP) is 2.94. The van der Waals surface area contributed by atoms with E-state index in [1.54, 1.807) is 25.4 Å². The lowest BCUT2D eigenvalue weighted by atomic mass is 10.1. The fourth-order valence-corrected chi connectivity index (χ4v) is 3.85. The molecule has 2 aromatic heterocycles. The highest BCUT2D eigenvalue weighted by Gasteiger charge is 2.19. The quantitative estimate of drug-likeness (QED) is 0.675. The Morgan fingerprint density at radius 3 is 2.69 bits per heavy atom. The number of hydrogen-bond donors (Lipinski definition) is 1. The van der Waals surface area contributed by atoms with Crippen LogP contribution in [0.3, 0.4) is 0 Å². The van der Waals surface area contributed by atoms with Crippen molar-refractivity contribution < 1.29 is 13.9 Å². The molecule has 136 valence electrons. The van der Waals surface area contributed by atoms with Crippen molar-refractivity contribution in [3.8, 4) is 0 Å². The van der Waals surface area contributed by atoms with E-state index in [2.05, 4.69) is 5.32 Å². The lowest BCUT2D eigenvalue weighted by molar-refractivity contribution is 0.0938. The number of pyridine rings is 1. The minimum atomic E-state index is -0.319. The Balaban J connectivity index is 1.99. The van der Waals surface area contributed by atoms with Crippen molar-refractivity contribution in [2.75, 3.05) is 20.3 Å². The van der Waals surface area contributed by atoms with Gasteiger partial charge in [0.2, 0.25) is 0 Å². The van der Waals surface area contributed by atoms with Crippen LogP contribution in [-0.4, -0.2) is 30.7 Å². The largest absolute Gasteiger partial charge is 0.383 e. The van der Waals surface area contributed by atoms with Crippen molar-refractivity contribution in [2.45, 2.75) is 13.5 Å². The minimum Gasteiger partial charge on any atom is -0.383 e. The highest BCUT2D eigenvalue weighted by molar-refractivity contribution is 7.19. The van der Waals surface area contributed by atoms with Crippen LogP contribution < -0.4 is 10.9 Å². The summed E-state index contributed by atoms with van der Waals surface area (Å²) in [4.78, 5) is 26.3. The average Bonchev–Trinajstić information content (AvgIpc) is 2.96. The third-order valence-electron chi connectivity index (χ3n) is 4.08. The lowest BCUT2D eigenvalue weighted by Crippen LogP contribution is -2.29. The highest BCUT2D eigenvalue weighted by atomic mass is 32.1. The van der Waals surface area contributed by atoms with Crippen LogP contribution in [0.4, 0.5) is 4.39 Å². The van der Waals surface area contributed by atoms with Gasteiger partial charge in [-0.05, 0) is 30.7 Å². The maximum absolute atomic E-state index is 13.1. The Kier molecular flexibility index (Phi) is 5.49. The summed E-state index contributed by atoms with van der Waals surface area (Å²) in [5, 5.41) is 3.20. The van der Waals surface area contributed by atoms with Crippen molar-refractivity contribution in [1.82, 2.24) is 9.88 Å². The number of aromatic nitrogens is 1. The molecule has 0 saturated heterocycles. The summed E-state index contributed by atoms with van der Waals surface area (Å²) in [5.74, 6) is -0.595. The fourth-order valence-electron chi connectivity index (χ4n) is 2.80. The van der Waals surface area contributed by atoms with Crippen LogP contribution in [0.25, 0.3) is 10.1 Å². The second-order valence-corrected chi connectivity index (χ2v) is 7.15. The highest BCUT2D eigenvalue weighted by Crippen LogP contribution is 2.28. The van der Waals surface area contributed by atoms with Crippen LogP contribution in [0.5, 0.6) is 0 Å². The molecule has 0 aliphatic carbocycles. The monoisotopic (exact) mass is 374 g/mol. The SMILES string of the molecule is COCCNC(=O)c1c(C)sc2ccn(Cc3ccc(F)cc3)c(=O)c12. The fraction of sp³-hybridized carbons (Fsp3) is 0.263. The van der Waals surface area contributed by atoms with Gasteiger partial charge in [0, 0.05) is 29.4 Å². The number of nitrogens with one attached hydrogen (secondary N) is 1. The molecule has 7 heteroatoms. The Hall–Kier alpha value is -2.51. The predicted molar refractivity (Wildman–Crippen MR) is 101 cm³/mol. The minimum absolute atomic E-state index is 0.229. The van der Waals surface area contributed by atoms with Gasteiger partial charge in [-0.25, -0.2) is 4.39 Å². The molecule has 0 radical (unpaired) electrons. The van der Waals surface area contributed by atoms with Gasteiger partial charge in [-0.3, -0.25) is 9.59 Å². The summed E-state index contributed by atoms with van der Waals surface area (Å²) in [5.41, 5.74) is 0.999. The van der Waals surface area contributed by atoms with Gasteiger partial charge in [0.25, 0.3) is 11.5 Å². The lowest BCUT2D eigenvalue weighted by Gasteiger charge is -2.08. The average molecular weight is 374 g/mol. The summed E-state index contributed by atoms with van der Waals surface area (Å²) in [6.07, 6.45) is 1.70. The number of fused-ring (bicyclic) bond motifs is 1. The van der Waals surface area contributed by atoms with E-state index in [-0.39, 0.29) is 17.3 Å². The van der Waals surface area contributed by atoms with Crippen LogP contribution in [-0.2, 0) is 11.3 Å². The summed E-state index contributed by atoms with van der Waals surface area (Å²) < 4.78 is 20.3. The molecule has 0 atom stereocenters. The first-order valence-electron chi connectivity index (χ1n) is 8.15. The summed E-state index contributed by atoms with van der Waals surface area (Å²) in [6.45, 7) is 2.93. The Morgan fingerprint density at radius 1 is 1.27 bits per heavy atom. The number of ether oxygens (including phenoxy) is 1. The van der Waals surface area contributed by atoms with Crippen LogP contribution in [0.2, 0.25) is 0 Å². The number of nitrogens with zero attached hydrogens (tertiary/aromatic N) is 1. The van der Waals surface area contributed by atoms with E-state index < -0.39 is 0 Å². The zero-order valence-corrected chi connectivity index (χ0v) is 15.4. The molecule has 3 rings (SSSR count). The van der Waals surface area contributed by atoms with Gasteiger partial charge >= 0.3 is 0 Å². The van der Waals surface area contributed by atoms with Gasteiger partial charge in [-0.2, -0.15) is 0 Å². The van der Waals surface area contributed by atoms with Crippen LogP contribution >= 0.6 is 11.3 Å². The van der Waals surface area contributed by atoms with E-state index in [4.69, 9.17) is 4.74 Å². The Morgan fingerprint density at radius 2 is 2.00 bits per heavy atom. The van der Waals surface area contributed by atoms with E-state index in [1.807, 2.05) is 13.0 Å². The van der Waals surface area contributed by atoms with Gasteiger partial charge in [-0.1, -0.05) is 12.1 Å². The molecule has 0 saturated carbocycles. The van der Waals surface area contributed by atoms with Gasteiger partial charge in [0.05, 0.1) is 24.1 Å². The zero-order chi connectivity index (χ0) is 18.7. The van der Waals surface area contributed by atoms with E-state index >= 15 is 0 Å². The summed E-state index contributed by atoms with van der Waals surface area (Å²) in [6, 6.07) is 7.85. The van der Waals surface area contributed by atoms with Crippen molar-refractivity contribution in [3.05, 3.63) is 68.7 Å². The number of thiophene rings is 1. The first kappa shape index (κ1) is 18.3. The molecular weight excluding hydrogens is 355 g/mol. The number of methoxy groups -OCH3 is 1. The third-order valence-corrected chi connectivity index (χ3v) is 5.15. The first-order valence-corrected chi connectivity index (χ1v) is 8.97. The van der Waals surface area contributed by atoms with Crippen LogP contribution in [0.1, 0.15) is 20.8 Å². The number of rotatable bonds is 6. The number of halogens is 1. The molecule has 26 heavy (non-hydrogen) atoms. The number of amides is 1. The van der Waals surface area contributed by atoms with Gasteiger partial charge in [-0.15, -0.1) is 11.3 Å². The number of carbonyl (C=O) groups is 1. The van der Waals surface area contributed by atoms with Gasteiger partial charge in [0.15, 0.2) is 0 Å². The molecular formula is C19H19FN2O3S. The normalized spacial score (nSPS) is 11.0. The molecule has 1 amide bonds. The molecule has 1 aromatic carbocycles. The molecule has 0 unspecified atom stereocenters. The topological polar surface area (TPSA) is 60.3 Å². The van der Waals surface area contributed by atoms with E-state index in [9.17, 15) is 14.0 Å². The van der Waals surface area contributed by atoms with Gasteiger partial charge < -0.3 is 14.6 Å². The molecule has 1 N–H and O–H groups in total. The van der Waals surface area contributed by atoms with E-state index in [0.29, 0.717) is 30.6 Å². The molecule has 0 bridgehead atoms. The second kappa shape index (κ2) is 7.80. The molecule has 0 spiro atoms. The van der Waals surface area contributed by atoms with Crippen molar-refractivity contribution in [3.63, 3.8) is 0 Å². The summed E-state index contributed by atoms with van der Waals surface area (Å²) >= 11 is 1.42. The molecule has 3 aromatic rings. The molecule has 5 nitrogen and oxygen atoms in total. The van der Waals surface area contributed by atoms with Crippen LogP contribution in [0, 0.1) is 12.7 Å². The number of benzene rings is 1. The smallest absolute Gasteiger partial charge is 0.260 e. The standard InChI is InChI=1S/C19H19FN2O3S/c1-12-16(18(23)21-8-10-25-2)17-15(26-12)7-9-22(19(17)24)11-13-3-5-14(20)6-4-13/h3-7,9H,8,10-11H2,1-2H3,(H,21,23). The molecule has 2 heterocycles. The van der Waals surface area contributed by atoms with E-state index in [1.165, 1.54) is 28.0 Å². The number of hydrogen-bond acceptors (Lipinski definition) is 4. The van der Waals surface area contributed by atoms with Crippen molar-refractivity contribution in [1.29, 1.82) is 0 Å². The Labute approximate surface area is 154 Å². The van der Waals surface area contributed by atoms with Crippen LogP contribution in [0.15, 0.2) is 41.3 Å². The molecule has 0 aliphatic rings.